The average Bonchev–Trinajstić information content (AvgIpc) is 2.94. The van der Waals surface area contributed by atoms with Crippen molar-refractivity contribution in [3.05, 3.63) is 51.5 Å². The number of rotatable bonds is 6. The maximum Gasteiger partial charge on any atom is 0.223 e. The Balaban J connectivity index is 1.38. The predicted octanol–water partition coefficient (Wildman–Crippen LogP) is 3.33. The highest BCUT2D eigenvalue weighted by Gasteiger charge is 2.25. The maximum absolute atomic E-state index is 12.4. The van der Waals surface area contributed by atoms with Gasteiger partial charge >= 0.3 is 0 Å². The van der Waals surface area contributed by atoms with Crippen molar-refractivity contribution < 1.29 is 4.79 Å². The fraction of sp³-hybridized carbons (Fsp3) is 0.500. The van der Waals surface area contributed by atoms with Crippen LogP contribution in [0.25, 0.3) is 0 Å². The van der Waals surface area contributed by atoms with E-state index in [1.165, 1.54) is 15.4 Å². The molecular formula is C20H27N3OS. The molecule has 4 nitrogen and oxygen atoms in total. The largest absolute Gasteiger partial charge is 0.356 e. The second-order valence-electron chi connectivity index (χ2n) is 6.83. The van der Waals surface area contributed by atoms with Gasteiger partial charge in [-0.3, -0.25) is 9.69 Å². The summed E-state index contributed by atoms with van der Waals surface area (Å²) < 4.78 is 0. The van der Waals surface area contributed by atoms with Gasteiger partial charge in [-0.25, -0.2) is 4.98 Å². The van der Waals surface area contributed by atoms with Gasteiger partial charge in [-0.05, 0) is 51.8 Å². The van der Waals surface area contributed by atoms with Gasteiger partial charge in [0.1, 0.15) is 5.01 Å². The van der Waals surface area contributed by atoms with Crippen molar-refractivity contribution in [3.63, 3.8) is 0 Å². The highest BCUT2D eigenvalue weighted by atomic mass is 32.1. The highest BCUT2D eigenvalue weighted by molar-refractivity contribution is 7.11. The van der Waals surface area contributed by atoms with Crippen LogP contribution >= 0.6 is 11.3 Å². The summed E-state index contributed by atoms with van der Waals surface area (Å²) in [5.41, 5.74) is 2.42. The summed E-state index contributed by atoms with van der Waals surface area (Å²) in [4.78, 5) is 20.7. The van der Waals surface area contributed by atoms with Gasteiger partial charge in [0.25, 0.3) is 0 Å². The lowest BCUT2D eigenvalue weighted by molar-refractivity contribution is -0.126. The van der Waals surface area contributed by atoms with Gasteiger partial charge in [-0.15, -0.1) is 11.3 Å². The number of carbonyl (C=O) groups is 1. The monoisotopic (exact) mass is 357 g/mol. The van der Waals surface area contributed by atoms with Crippen LogP contribution < -0.4 is 5.32 Å². The average molecular weight is 358 g/mol. The van der Waals surface area contributed by atoms with Crippen LogP contribution in [0.2, 0.25) is 0 Å². The van der Waals surface area contributed by atoms with Crippen LogP contribution in [0.4, 0.5) is 0 Å². The van der Waals surface area contributed by atoms with Crippen LogP contribution in [0.5, 0.6) is 0 Å². The number of likely N-dealkylation sites (tertiary alicyclic amines) is 1. The molecule has 0 aliphatic carbocycles. The number of hydrogen-bond donors (Lipinski definition) is 1. The summed E-state index contributed by atoms with van der Waals surface area (Å²) in [5, 5.41) is 4.30. The molecule has 0 spiro atoms. The lowest BCUT2D eigenvalue weighted by Crippen LogP contribution is -2.40. The number of hydrogen-bond acceptors (Lipinski definition) is 4. The summed E-state index contributed by atoms with van der Waals surface area (Å²) in [6.07, 6.45) is 2.79. The van der Waals surface area contributed by atoms with Crippen LogP contribution in [0, 0.1) is 19.8 Å². The van der Waals surface area contributed by atoms with Crippen LogP contribution in [-0.2, 0) is 17.8 Å². The van der Waals surface area contributed by atoms with Gasteiger partial charge in [0.2, 0.25) is 5.91 Å². The van der Waals surface area contributed by atoms with Gasteiger partial charge in [0.15, 0.2) is 0 Å². The Morgan fingerprint density at radius 1 is 1.24 bits per heavy atom. The van der Waals surface area contributed by atoms with Gasteiger partial charge in [0.05, 0.1) is 12.2 Å². The van der Waals surface area contributed by atoms with E-state index in [1.54, 1.807) is 11.3 Å². The molecule has 1 aliphatic heterocycles. The molecule has 1 aliphatic rings. The number of aryl methyl sites for hydroxylation is 2. The van der Waals surface area contributed by atoms with E-state index >= 15 is 0 Å². The molecule has 1 aromatic carbocycles. The Bertz CT molecular complexity index is 671. The van der Waals surface area contributed by atoms with Crippen LogP contribution in [0.15, 0.2) is 30.3 Å². The smallest absolute Gasteiger partial charge is 0.223 e. The molecule has 0 atom stereocenters. The maximum atomic E-state index is 12.4. The van der Waals surface area contributed by atoms with Crippen molar-refractivity contribution in [2.45, 2.75) is 39.7 Å². The number of amides is 1. The first-order chi connectivity index (χ1) is 12.1. The van der Waals surface area contributed by atoms with Crippen molar-refractivity contribution in [2.24, 2.45) is 5.92 Å². The zero-order chi connectivity index (χ0) is 17.6. The minimum atomic E-state index is 0.159. The molecule has 25 heavy (non-hydrogen) atoms. The molecule has 0 bridgehead atoms. The lowest BCUT2D eigenvalue weighted by atomic mass is 9.96. The fourth-order valence-corrected chi connectivity index (χ4v) is 4.25. The van der Waals surface area contributed by atoms with E-state index in [2.05, 4.69) is 41.2 Å². The molecule has 0 radical (unpaired) electrons. The van der Waals surface area contributed by atoms with E-state index in [0.717, 1.165) is 51.1 Å². The summed E-state index contributed by atoms with van der Waals surface area (Å²) in [5.74, 6) is 0.378. The first-order valence-electron chi connectivity index (χ1n) is 9.08. The molecular weight excluding hydrogens is 330 g/mol. The third kappa shape index (κ3) is 5.13. The summed E-state index contributed by atoms with van der Waals surface area (Å²) in [6.45, 7) is 7.80. The first kappa shape index (κ1) is 18.1. The number of benzene rings is 1. The number of nitrogens with zero attached hydrogens (tertiary/aromatic N) is 2. The Morgan fingerprint density at radius 3 is 2.60 bits per heavy atom. The minimum absolute atomic E-state index is 0.159. The van der Waals surface area contributed by atoms with Gasteiger partial charge in [0, 0.05) is 17.3 Å². The third-order valence-electron chi connectivity index (χ3n) is 4.95. The van der Waals surface area contributed by atoms with Crippen LogP contribution in [-0.4, -0.2) is 35.4 Å². The minimum Gasteiger partial charge on any atom is -0.356 e. The number of aromatic nitrogens is 1. The predicted molar refractivity (Wildman–Crippen MR) is 103 cm³/mol. The van der Waals surface area contributed by atoms with E-state index in [-0.39, 0.29) is 11.8 Å². The standard InChI is InChI=1S/C20H27N3OS/c1-15-16(2)25-19(22-15)14-23-12-9-18(10-13-23)20(24)21-11-8-17-6-4-3-5-7-17/h3-7,18H,8-14H2,1-2H3,(H,21,24). The van der Waals surface area contributed by atoms with Crippen LogP contribution in [0.1, 0.15) is 34.0 Å². The van der Waals surface area contributed by atoms with E-state index in [9.17, 15) is 4.79 Å². The van der Waals surface area contributed by atoms with Crippen molar-refractivity contribution in [2.75, 3.05) is 19.6 Å². The van der Waals surface area contributed by atoms with E-state index in [4.69, 9.17) is 0 Å². The van der Waals surface area contributed by atoms with Gasteiger partial charge < -0.3 is 5.32 Å². The molecule has 1 N–H and O–H groups in total. The molecule has 5 heteroatoms. The SMILES string of the molecule is Cc1nc(CN2CCC(C(=O)NCCc3ccccc3)CC2)sc1C. The lowest BCUT2D eigenvalue weighted by Gasteiger charge is -2.30. The Kier molecular flexibility index (Phi) is 6.21. The Hall–Kier alpha value is -1.72. The number of carbonyl (C=O) groups excluding carboxylic acids is 1. The fourth-order valence-electron chi connectivity index (χ4n) is 3.27. The summed E-state index contributed by atoms with van der Waals surface area (Å²) >= 11 is 1.79. The van der Waals surface area contributed by atoms with Crippen molar-refractivity contribution in [1.82, 2.24) is 15.2 Å². The zero-order valence-corrected chi connectivity index (χ0v) is 15.9. The van der Waals surface area contributed by atoms with Crippen molar-refractivity contribution in [1.29, 1.82) is 0 Å². The zero-order valence-electron chi connectivity index (χ0n) is 15.1. The molecule has 2 aromatic rings. The number of piperidine rings is 1. The number of nitrogens with one attached hydrogen (secondary N) is 1. The molecule has 1 saturated heterocycles. The third-order valence-corrected chi connectivity index (χ3v) is 6.00. The Morgan fingerprint density at radius 2 is 1.96 bits per heavy atom. The second-order valence-corrected chi connectivity index (χ2v) is 8.11. The molecule has 1 amide bonds. The molecule has 0 saturated carbocycles. The van der Waals surface area contributed by atoms with Crippen molar-refractivity contribution in [3.8, 4) is 0 Å². The van der Waals surface area contributed by atoms with Crippen LogP contribution in [0.3, 0.4) is 0 Å². The first-order valence-corrected chi connectivity index (χ1v) is 9.90. The molecule has 134 valence electrons. The van der Waals surface area contributed by atoms with E-state index < -0.39 is 0 Å². The molecule has 0 unspecified atom stereocenters. The second kappa shape index (κ2) is 8.59. The van der Waals surface area contributed by atoms with Crippen molar-refractivity contribution >= 4 is 17.2 Å². The Labute approximate surface area is 154 Å². The van der Waals surface area contributed by atoms with E-state index in [1.807, 2.05) is 18.2 Å². The number of thiazole rings is 1. The molecule has 3 rings (SSSR count). The van der Waals surface area contributed by atoms with Gasteiger partial charge in [-0.1, -0.05) is 30.3 Å². The summed E-state index contributed by atoms with van der Waals surface area (Å²) in [7, 11) is 0. The van der Waals surface area contributed by atoms with Gasteiger partial charge in [-0.2, -0.15) is 0 Å². The summed E-state index contributed by atoms with van der Waals surface area (Å²) in [6, 6.07) is 10.3. The molecule has 2 heterocycles. The highest BCUT2D eigenvalue weighted by Crippen LogP contribution is 2.22. The quantitative estimate of drug-likeness (QED) is 0.862. The topological polar surface area (TPSA) is 45.2 Å². The normalized spacial score (nSPS) is 16.1. The molecule has 1 aromatic heterocycles. The molecule has 1 fully saturated rings. The van der Waals surface area contributed by atoms with E-state index in [0.29, 0.717) is 0 Å².